The molecule has 3 aromatic rings. The number of esters is 1. The normalized spacial score (nSPS) is 15.2. The number of rotatable bonds is 7. The van der Waals surface area contributed by atoms with Crippen LogP contribution in [-0.2, 0) is 15.3 Å². The van der Waals surface area contributed by atoms with Gasteiger partial charge in [0.05, 0.1) is 5.57 Å². The van der Waals surface area contributed by atoms with E-state index >= 15 is 0 Å². The van der Waals surface area contributed by atoms with E-state index in [1.165, 1.54) is 11.8 Å². The summed E-state index contributed by atoms with van der Waals surface area (Å²) in [6, 6.07) is 15.2. The highest BCUT2D eigenvalue weighted by Gasteiger charge is 2.35. The van der Waals surface area contributed by atoms with Gasteiger partial charge in [-0.25, -0.2) is 9.48 Å². The number of nitrogens with zero attached hydrogens (tertiary/aromatic N) is 3. The first-order valence-corrected chi connectivity index (χ1v) is 11.5. The van der Waals surface area contributed by atoms with E-state index in [1.807, 2.05) is 62.4 Å². The van der Waals surface area contributed by atoms with Gasteiger partial charge in [-0.2, -0.15) is 4.98 Å². The Hall–Kier alpha value is -3.03. The van der Waals surface area contributed by atoms with Crippen molar-refractivity contribution in [1.29, 1.82) is 0 Å². The molecule has 1 N–H and O–H groups in total. The van der Waals surface area contributed by atoms with Gasteiger partial charge in [0, 0.05) is 16.5 Å². The second-order valence-electron chi connectivity index (χ2n) is 7.35. The maximum absolute atomic E-state index is 13.0. The minimum absolute atomic E-state index is 0.138. The second kappa shape index (κ2) is 9.63. The van der Waals surface area contributed by atoms with Crippen molar-refractivity contribution in [3.05, 3.63) is 94.2 Å². The molecule has 6 nitrogen and oxygen atoms in total. The fraction of sp³-hybridized carbons (Fsp3) is 0.208. The first-order valence-electron chi connectivity index (χ1n) is 10.1. The van der Waals surface area contributed by atoms with Crippen molar-refractivity contribution >= 4 is 35.3 Å². The van der Waals surface area contributed by atoms with Gasteiger partial charge in [0.2, 0.25) is 11.1 Å². The summed E-state index contributed by atoms with van der Waals surface area (Å²) in [5, 5.41) is 9.27. The summed E-state index contributed by atoms with van der Waals surface area (Å²) in [6.07, 6.45) is 1.55. The van der Waals surface area contributed by atoms with Gasteiger partial charge < -0.3 is 10.1 Å². The van der Waals surface area contributed by atoms with E-state index < -0.39 is 12.0 Å². The van der Waals surface area contributed by atoms with E-state index in [1.54, 1.807) is 10.8 Å². The molecule has 2 heterocycles. The summed E-state index contributed by atoms with van der Waals surface area (Å²) in [7, 11) is 0. The zero-order valence-electron chi connectivity index (χ0n) is 17.8. The molecule has 0 fully saturated rings. The van der Waals surface area contributed by atoms with Gasteiger partial charge in [0.15, 0.2) is 0 Å². The maximum atomic E-state index is 13.0. The van der Waals surface area contributed by atoms with Gasteiger partial charge >= 0.3 is 5.97 Å². The molecule has 1 atom stereocenters. The Morgan fingerprint density at radius 1 is 1.25 bits per heavy atom. The number of allylic oxidation sites excluding steroid dienone is 1. The Bertz CT molecular complexity index is 1200. The molecule has 1 aromatic heterocycles. The van der Waals surface area contributed by atoms with Crippen LogP contribution in [0.15, 0.2) is 77.6 Å². The van der Waals surface area contributed by atoms with Crippen LogP contribution in [0.2, 0.25) is 5.02 Å². The average Bonchev–Trinajstić information content (AvgIpc) is 3.19. The first-order chi connectivity index (χ1) is 15.5. The predicted octanol–water partition coefficient (Wildman–Crippen LogP) is 5.55. The molecule has 0 saturated carbocycles. The summed E-state index contributed by atoms with van der Waals surface area (Å²) in [5.41, 5.74) is 4.22. The molecule has 164 valence electrons. The number of aromatic nitrogens is 3. The Morgan fingerprint density at radius 3 is 2.75 bits per heavy atom. The van der Waals surface area contributed by atoms with Crippen LogP contribution in [0.25, 0.3) is 0 Å². The molecule has 0 amide bonds. The molecular weight excluding hydrogens is 444 g/mol. The number of nitrogens with one attached hydrogen (secondary N) is 1. The van der Waals surface area contributed by atoms with Crippen LogP contribution in [0.5, 0.6) is 0 Å². The maximum Gasteiger partial charge on any atom is 0.338 e. The Labute approximate surface area is 196 Å². The summed E-state index contributed by atoms with van der Waals surface area (Å²) >= 11 is 7.78. The van der Waals surface area contributed by atoms with Crippen LogP contribution in [0.1, 0.15) is 29.7 Å². The number of anilines is 1. The van der Waals surface area contributed by atoms with Crippen LogP contribution in [0, 0.1) is 6.92 Å². The number of halogens is 1. The Kier molecular flexibility index (Phi) is 6.67. The molecule has 0 saturated heterocycles. The summed E-state index contributed by atoms with van der Waals surface area (Å²) in [6.45, 7) is 7.64. The number of hydrogen-bond acceptors (Lipinski definition) is 6. The van der Waals surface area contributed by atoms with Crippen molar-refractivity contribution < 1.29 is 9.53 Å². The first kappa shape index (κ1) is 22.2. The molecule has 1 aliphatic heterocycles. The smallest absolute Gasteiger partial charge is 0.338 e. The van der Waals surface area contributed by atoms with Gasteiger partial charge in [-0.1, -0.05) is 78.5 Å². The highest BCUT2D eigenvalue weighted by Crippen LogP contribution is 2.38. The third-order valence-corrected chi connectivity index (χ3v) is 6.44. The molecule has 0 spiro atoms. The van der Waals surface area contributed by atoms with Crippen LogP contribution < -0.4 is 5.32 Å². The number of ether oxygens (including phenoxy) is 1. The minimum Gasteiger partial charge on any atom is -0.458 e. The summed E-state index contributed by atoms with van der Waals surface area (Å²) in [5.74, 6) is 0.811. The molecule has 0 aliphatic carbocycles. The number of fused-ring (bicyclic) bond motifs is 1. The molecule has 0 unspecified atom stereocenters. The molecular formula is C24H23ClN4O2S. The molecule has 8 heteroatoms. The molecule has 2 aromatic carbocycles. The molecule has 1 aliphatic rings. The lowest BCUT2D eigenvalue weighted by atomic mass is 9.93. The van der Waals surface area contributed by atoms with Crippen molar-refractivity contribution in [2.24, 2.45) is 0 Å². The monoisotopic (exact) mass is 466 g/mol. The largest absolute Gasteiger partial charge is 0.458 e. The van der Waals surface area contributed by atoms with Crippen molar-refractivity contribution in [2.75, 3.05) is 11.9 Å². The van der Waals surface area contributed by atoms with Gasteiger partial charge in [-0.3, -0.25) is 0 Å². The van der Waals surface area contributed by atoms with E-state index in [2.05, 4.69) is 16.9 Å². The average molecular weight is 467 g/mol. The number of aryl methyl sites for hydroxylation is 1. The predicted molar refractivity (Wildman–Crippen MR) is 128 cm³/mol. The van der Waals surface area contributed by atoms with Gasteiger partial charge in [0.1, 0.15) is 12.6 Å². The van der Waals surface area contributed by atoms with Gasteiger partial charge in [0.25, 0.3) is 0 Å². The third-order valence-electron chi connectivity index (χ3n) is 5.18. The van der Waals surface area contributed by atoms with Crippen molar-refractivity contribution in [1.82, 2.24) is 14.8 Å². The van der Waals surface area contributed by atoms with Crippen molar-refractivity contribution in [3.8, 4) is 0 Å². The fourth-order valence-electron chi connectivity index (χ4n) is 3.61. The number of thioether (sulfide) groups is 1. The Balaban J connectivity index is 1.71. The minimum atomic E-state index is -0.452. The number of carbonyl (C=O) groups is 1. The molecule has 4 rings (SSSR count). The fourth-order valence-corrected chi connectivity index (χ4v) is 4.72. The third kappa shape index (κ3) is 4.45. The van der Waals surface area contributed by atoms with E-state index in [9.17, 15) is 4.79 Å². The molecule has 0 bridgehead atoms. The van der Waals surface area contributed by atoms with E-state index in [0.717, 1.165) is 16.7 Å². The van der Waals surface area contributed by atoms with Gasteiger partial charge in [-0.05, 0) is 36.6 Å². The van der Waals surface area contributed by atoms with Gasteiger partial charge in [-0.15, -0.1) is 5.10 Å². The Morgan fingerprint density at radius 2 is 2.00 bits per heavy atom. The van der Waals surface area contributed by atoms with Crippen LogP contribution in [-0.4, -0.2) is 27.3 Å². The lowest BCUT2D eigenvalue weighted by Gasteiger charge is -2.29. The number of carbonyl (C=O) groups excluding carboxylic acids is 1. The summed E-state index contributed by atoms with van der Waals surface area (Å²) in [4.78, 5) is 17.6. The van der Waals surface area contributed by atoms with E-state index in [4.69, 9.17) is 21.4 Å². The van der Waals surface area contributed by atoms with Crippen molar-refractivity contribution in [2.45, 2.75) is 30.8 Å². The second-order valence-corrected chi connectivity index (χ2v) is 8.70. The number of benzene rings is 2. The van der Waals surface area contributed by atoms with Crippen LogP contribution in [0.3, 0.4) is 0 Å². The lowest BCUT2D eigenvalue weighted by Crippen LogP contribution is -2.30. The summed E-state index contributed by atoms with van der Waals surface area (Å²) < 4.78 is 7.16. The quantitative estimate of drug-likeness (QED) is 0.279. The highest BCUT2D eigenvalue weighted by molar-refractivity contribution is 7.98. The lowest BCUT2D eigenvalue weighted by molar-refractivity contribution is -0.138. The van der Waals surface area contributed by atoms with Crippen LogP contribution in [0.4, 0.5) is 5.95 Å². The van der Waals surface area contributed by atoms with E-state index in [-0.39, 0.29) is 6.61 Å². The highest BCUT2D eigenvalue weighted by atomic mass is 35.5. The van der Waals surface area contributed by atoms with Crippen molar-refractivity contribution in [3.63, 3.8) is 0 Å². The molecule has 32 heavy (non-hydrogen) atoms. The zero-order chi connectivity index (χ0) is 22.7. The van der Waals surface area contributed by atoms with Crippen LogP contribution >= 0.6 is 23.4 Å². The molecule has 0 radical (unpaired) electrons. The zero-order valence-corrected chi connectivity index (χ0v) is 19.4. The van der Waals surface area contributed by atoms with E-state index in [0.29, 0.717) is 33.2 Å². The standard InChI is InChI=1S/C24H23ClN4O2S/c1-4-13-31-22(30)20-16(3)26-23-27-24(32-14-17-10-6-8-12-19(17)25)28-29(23)21(20)18-11-7-5-9-15(18)2/h4-12,21H,1,13-14H2,2-3H3,(H,26,27,28)/t21-/m0/s1. The number of hydrogen-bond donors (Lipinski definition) is 1. The topological polar surface area (TPSA) is 69.0 Å². The SMILES string of the molecule is C=CCOC(=O)C1=C(C)Nc2nc(SCc3ccccc3Cl)nn2[C@H]1c1ccccc1C.